The molecule has 1 aliphatic carbocycles. The molecule has 2 aliphatic heterocycles. The molecule has 2 aromatic rings. The molecule has 29 heavy (non-hydrogen) atoms. The first-order valence-corrected chi connectivity index (χ1v) is 10.6. The van der Waals surface area contributed by atoms with Crippen LogP contribution in [0.25, 0.3) is 11.0 Å². The number of para-hydroxylation sites is 2. The van der Waals surface area contributed by atoms with Gasteiger partial charge in [0.25, 0.3) is 0 Å². The van der Waals surface area contributed by atoms with Crippen LogP contribution in [0.5, 0.6) is 0 Å². The third-order valence-corrected chi connectivity index (χ3v) is 6.81. The molecule has 154 valence electrons. The number of likely N-dealkylation sites (tertiary alicyclic amines) is 1. The standard InChI is InChI=1S/C21H28N6O2/c1-26-17-9-5-4-8-16(17)23-18(26)11-22-21(29)13-10-19(28)27(12-13)20-14-6-2-3-7-15(14)24-25-20/h4-5,8-9,13-15,20,24-25H,2-3,6-7,10-12H2,1H3,(H,22,29). The number of nitrogens with zero attached hydrogens (tertiary/aromatic N) is 3. The van der Waals surface area contributed by atoms with E-state index in [0.717, 1.165) is 29.7 Å². The summed E-state index contributed by atoms with van der Waals surface area (Å²) < 4.78 is 2.00. The summed E-state index contributed by atoms with van der Waals surface area (Å²) in [5, 5.41) is 2.99. The van der Waals surface area contributed by atoms with Crippen molar-refractivity contribution in [1.29, 1.82) is 0 Å². The second-order valence-electron chi connectivity index (χ2n) is 8.53. The lowest BCUT2D eigenvalue weighted by molar-refractivity contribution is -0.131. The van der Waals surface area contributed by atoms with Crippen LogP contribution in [0.4, 0.5) is 0 Å². The second-order valence-corrected chi connectivity index (χ2v) is 8.53. The van der Waals surface area contributed by atoms with Crippen LogP contribution in [0.3, 0.4) is 0 Å². The molecule has 0 radical (unpaired) electrons. The van der Waals surface area contributed by atoms with Gasteiger partial charge in [-0.15, -0.1) is 0 Å². The molecule has 0 bridgehead atoms. The molecule has 4 unspecified atom stereocenters. The summed E-state index contributed by atoms with van der Waals surface area (Å²) in [6.45, 7) is 0.846. The molecule has 8 heteroatoms. The minimum Gasteiger partial charge on any atom is -0.349 e. The van der Waals surface area contributed by atoms with Gasteiger partial charge in [-0.25, -0.2) is 10.4 Å². The SMILES string of the molecule is Cn1c(CNC(=O)C2CC(=O)N(C3NNC4CCCCC43)C2)nc2ccccc21. The topological polar surface area (TPSA) is 91.3 Å². The van der Waals surface area contributed by atoms with Gasteiger partial charge in [-0.1, -0.05) is 25.0 Å². The van der Waals surface area contributed by atoms with Crippen molar-refractivity contribution in [3.8, 4) is 0 Å². The lowest BCUT2D eigenvalue weighted by atomic mass is 9.84. The summed E-state index contributed by atoms with van der Waals surface area (Å²) in [6.07, 6.45) is 5.02. The summed E-state index contributed by atoms with van der Waals surface area (Å²) in [5.41, 5.74) is 8.64. The fraction of sp³-hybridized carbons (Fsp3) is 0.571. The van der Waals surface area contributed by atoms with E-state index in [-0.39, 0.29) is 30.3 Å². The third kappa shape index (κ3) is 3.30. The van der Waals surface area contributed by atoms with E-state index in [1.165, 1.54) is 12.8 Å². The lowest BCUT2D eigenvalue weighted by Gasteiger charge is -2.32. The molecule has 2 amide bonds. The second kappa shape index (κ2) is 7.42. The summed E-state index contributed by atoms with van der Waals surface area (Å²) in [4.78, 5) is 31.9. The number of aryl methyl sites for hydroxylation is 1. The highest BCUT2D eigenvalue weighted by Crippen LogP contribution is 2.34. The van der Waals surface area contributed by atoms with Crippen molar-refractivity contribution in [3.05, 3.63) is 30.1 Å². The third-order valence-electron chi connectivity index (χ3n) is 6.81. The van der Waals surface area contributed by atoms with Crippen LogP contribution in [0.2, 0.25) is 0 Å². The highest BCUT2D eigenvalue weighted by Gasteiger charge is 2.46. The predicted molar refractivity (Wildman–Crippen MR) is 108 cm³/mol. The molecular weight excluding hydrogens is 368 g/mol. The van der Waals surface area contributed by atoms with Gasteiger partial charge in [0.05, 0.1) is 29.7 Å². The predicted octanol–water partition coefficient (Wildman–Crippen LogP) is 1.03. The van der Waals surface area contributed by atoms with E-state index in [1.807, 2.05) is 40.8 Å². The average molecular weight is 396 g/mol. The fourth-order valence-corrected chi connectivity index (χ4v) is 5.17. The molecule has 1 saturated carbocycles. The number of aromatic nitrogens is 2. The van der Waals surface area contributed by atoms with Gasteiger partial charge in [0, 0.05) is 32.0 Å². The van der Waals surface area contributed by atoms with Gasteiger partial charge in [-0.2, -0.15) is 0 Å². The van der Waals surface area contributed by atoms with Crippen molar-refractivity contribution in [2.45, 2.75) is 50.9 Å². The van der Waals surface area contributed by atoms with Crippen LogP contribution in [0, 0.1) is 11.8 Å². The summed E-state index contributed by atoms with van der Waals surface area (Å²) in [7, 11) is 1.96. The zero-order valence-electron chi connectivity index (χ0n) is 16.7. The number of carbonyl (C=O) groups excluding carboxylic acids is 2. The number of hydrogen-bond donors (Lipinski definition) is 3. The quantitative estimate of drug-likeness (QED) is 0.718. The Balaban J connectivity index is 1.22. The lowest BCUT2D eigenvalue weighted by Crippen LogP contribution is -2.48. The number of nitrogens with one attached hydrogen (secondary N) is 3. The highest BCUT2D eigenvalue weighted by atomic mass is 16.2. The van der Waals surface area contributed by atoms with Crippen molar-refractivity contribution in [3.63, 3.8) is 0 Å². The minimum absolute atomic E-state index is 0.00504. The molecule has 3 aliphatic rings. The van der Waals surface area contributed by atoms with Gasteiger partial charge >= 0.3 is 0 Å². The number of rotatable bonds is 4. The summed E-state index contributed by atoms with van der Waals surface area (Å²) >= 11 is 0. The number of imidazole rings is 1. The highest BCUT2D eigenvalue weighted by molar-refractivity contribution is 5.89. The molecule has 3 heterocycles. The Labute approximate surface area is 170 Å². The van der Waals surface area contributed by atoms with Crippen LogP contribution in [0.15, 0.2) is 24.3 Å². The van der Waals surface area contributed by atoms with Crippen molar-refractivity contribution in [2.75, 3.05) is 6.54 Å². The number of benzene rings is 1. The summed E-state index contributed by atoms with van der Waals surface area (Å²) in [5.74, 6) is 0.945. The van der Waals surface area contributed by atoms with Crippen molar-refractivity contribution in [1.82, 2.24) is 30.6 Å². The van der Waals surface area contributed by atoms with E-state index in [2.05, 4.69) is 21.2 Å². The number of carbonyl (C=O) groups is 2. The van der Waals surface area contributed by atoms with Crippen LogP contribution in [-0.4, -0.2) is 45.0 Å². The Morgan fingerprint density at radius 2 is 2.07 bits per heavy atom. The minimum atomic E-state index is -0.304. The zero-order chi connectivity index (χ0) is 20.0. The van der Waals surface area contributed by atoms with Gasteiger partial charge < -0.3 is 14.8 Å². The van der Waals surface area contributed by atoms with E-state index in [1.54, 1.807) is 0 Å². The number of amides is 2. The van der Waals surface area contributed by atoms with Gasteiger partial charge in [-0.3, -0.25) is 15.0 Å². The monoisotopic (exact) mass is 396 g/mol. The van der Waals surface area contributed by atoms with E-state index in [0.29, 0.717) is 25.0 Å². The van der Waals surface area contributed by atoms with E-state index < -0.39 is 0 Å². The first kappa shape index (κ1) is 18.6. The molecule has 3 fully saturated rings. The Morgan fingerprint density at radius 1 is 1.24 bits per heavy atom. The van der Waals surface area contributed by atoms with Crippen LogP contribution in [-0.2, 0) is 23.2 Å². The molecule has 1 aromatic heterocycles. The maximum atomic E-state index is 12.8. The molecule has 2 saturated heterocycles. The normalized spacial score (nSPS) is 29.4. The Bertz CT molecular complexity index is 940. The fourth-order valence-electron chi connectivity index (χ4n) is 5.17. The van der Waals surface area contributed by atoms with Crippen molar-refractivity contribution < 1.29 is 9.59 Å². The molecule has 3 N–H and O–H groups in total. The molecular formula is C21H28N6O2. The van der Waals surface area contributed by atoms with Crippen molar-refractivity contribution >= 4 is 22.8 Å². The smallest absolute Gasteiger partial charge is 0.225 e. The Hall–Kier alpha value is -2.45. The molecule has 1 aromatic carbocycles. The van der Waals surface area contributed by atoms with Gasteiger partial charge in [0.2, 0.25) is 11.8 Å². The van der Waals surface area contributed by atoms with Crippen LogP contribution >= 0.6 is 0 Å². The average Bonchev–Trinajstić information content (AvgIpc) is 3.42. The Morgan fingerprint density at radius 3 is 2.93 bits per heavy atom. The molecule has 0 spiro atoms. The molecule has 4 atom stereocenters. The van der Waals surface area contributed by atoms with E-state index in [9.17, 15) is 9.59 Å². The Kier molecular flexibility index (Phi) is 4.75. The summed E-state index contributed by atoms with van der Waals surface area (Å²) in [6, 6.07) is 8.36. The number of fused-ring (bicyclic) bond motifs is 2. The maximum Gasteiger partial charge on any atom is 0.225 e. The van der Waals surface area contributed by atoms with E-state index >= 15 is 0 Å². The number of hydrazine groups is 1. The van der Waals surface area contributed by atoms with Gasteiger partial charge in [0.1, 0.15) is 5.82 Å². The van der Waals surface area contributed by atoms with Gasteiger partial charge in [0.15, 0.2) is 0 Å². The first-order valence-electron chi connectivity index (χ1n) is 10.6. The maximum absolute atomic E-state index is 12.8. The van der Waals surface area contributed by atoms with E-state index in [4.69, 9.17) is 0 Å². The van der Waals surface area contributed by atoms with Crippen molar-refractivity contribution in [2.24, 2.45) is 18.9 Å². The molecule has 5 rings (SSSR count). The van der Waals surface area contributed by atoms with Crippen LogP contribution < -0.4 is 16.2 Å². The molecule has 8 nitrogen and oxygen atoms in total. The van der Waals surface area contributed by atoms with Gasteiger partial charge in [-0.05, 0) is 25.0 Å². The number of hydrogen-bond acceptors (Lipinski definition) is 5. The van der Waals surface area contributed by atoms with Crippen LogP contribution in [0.1, 0.15) is 37.9 Å². The zero-order valence-corrected chi connectivity index (χ0v) is 16.7. The largest absolute Gasteiger partial charge is 0.349 e. The first-order chi connectivity index (χ1) is 14.1.